The maximum absolute atomic E-state index is 12.6. The molecule has 9 heteroatoms. The Kier molecular flexibility index (Phi) is 7.43. The largest absolute Gasteiger partial charge is 0.383 e. The predicted molar refractivity (Wildman–Crippen MR) is 128 cm³/mol. The number of nitrogen functional groups attached to an aromatic ring is 1. The van der Waals surface area contributed by atoms with Crippen molar-refractivity contribution in [3.05, 3.63) is 77.4 Å². The lowest BCUT2D eigenvalue weighted by Crippen LogP contribution is -2.23. The molecule has 1 unspecified atom stereocenters. The van der Waals surface area contributed by atoms with Gasteiger partial charge in [0.2, 0.25) is 5.91 Å². The van der Waals surface area contributed by atoms with Crippen LogP contribution >= 0.6 is 11.8 Å². The van der Waals surface area contributed by atoms with E-state index >= 15 is 0 Å². The number of pyridine rings is 1. The number of hydrogen-bond donors (Lipinski definition) is 3. The number of nitrogens with zero attached hydrogens (tertiary/aromatic N) is 2. The molecule has 2 aromatic carbocycles. The Labute approximate surface area is 195 Å². The number of ketones is 1. The molecule has 0 saturated heterocycles. The van der Waals surface area contributed by atoms with E-state index in [-0.39, 0.29) is 33.7 Å². The number of benzene rings is 2. The first kappa shape index (κ1) is 23.5. The van der Waals surface area contributed by atoms with Crippen molar-refractivity contribution in [2.75, 3.05) is 16.4 Å². The van der Waals surface area contributed by atoms with E-state index in [4.69, 9.17) is 5.73 Å². The second kappa shape index (κ2) is 10.4. The first-order valence-electron chi connectivity index (χ1n) is 9.94. The second-order valence-electron chi connectivity index (χ2n) is 7.09. The molecule has 0 radical (unpaired) electrons. The molecule has 3 aromatic rings. The number of hydrogen-bond acceptors (Lipinski definition) is 7. The van der Waals surface area contributed by atoms with Gasteiger partial charge in [-0.1, -0.05) is 42.1 Å². The van der Waals surface area contributed by atoms with E-state index in [9.17, 15) is 19.6 Å². The molecule has 4 N–H and O–H groups in total. The summed E-state index contributed by atoms with van der Waals surface area (Å²) in [6.45, 7) is 3.10. The zero-order chi connectivity index (χ0) is 24.0. The SMILES string of the molecule is CC(=O)c1cccc(NC(=O)C(C)Sc2nc(N)c(C(=O)Nc3ccccc3)cc2C#N)c1. The second-order valence-corrected chi connectivity index (χ2v) is 8.42. The third-order valence-corrected chi connectivity index (χ3v) is 5.71. The van der Waals surface area contributed by atoms with Crippen molar-refractivity contribution >= 4 is 46.6 Å². The Morgan fingerprint density at radius 1 is 1.03 bits per heavy atom. The number of Topliss-reactive ketones (excluding diaryl/α,β-unsaturated/α-hetero) is 1. The minimum atomic E-state index is -0.631. The molecule has 0 aliphatic carbocycles. The van der Waals surface area contributed by atoms with Crippen LogP contribution in [0.15, 0.2) is 65.7 Å². The fourth-order valence-corrected chi connectivity index (χ4v) is 3.75. The number of nitrogens with two attached hydrogens (primary N) is 1. The number of aromatic nitrogens is 1. The van der Waals surface area contributed by atoms with Crippen LogP contribution in [0.1, 0.15) is 40.1 Å². The lowest BCUT2D eigenvalue weighted by atomic mass is 10.1. The molecular weight excluding hydrogens is 438 g/mol. The van der Waals surface area contributed by atoms with Crippen LogP contribution < -0.4 is 16.4 Å². The number of nitriles is 1. The van der Waals surface area contributed by atoms with E-state index in [1.54, 1.807) is 55.5 Å². The summed E-state index contributed by atoms with van der Waals surface area (Å²) in [5.41, 5.74) is 7.74. The summed E-state index contributed by atoms with van der Waals surface area (Å²) < 4.78 is 0. The molecule has 2 amide bonds. The van der Waals surface area contributed by atoms with Gasteiger partial charge in [-0.25, -0.2) is 4.98 Å². The van der Waals surface area contributed by atoms with Gasteiger partial charge in [-0.3, -0.25) is 14.4 Å². The molecular formula is C24H21N5O3S. The highest BCUT2D eigenvalue weighted by molar-refractivity contribution is 8.00. The number of thioether (sulfide) groups is 1. The Balaban J connectivity index is 1.75. The number of amides is 2. The summed E-state index contributed by atoms with van der Waals surface area (Å²) in [6.07, 6.45) is 0. The van der Waals surface area contributed by atoms with Gasteiger partial charge in [0.05, 0.1) is 16.4 Å². The van der Waals surface area contributed by atoms with E-state index < -0.39 is 11.2 Å². The Morgan fingerprint density at radius 3 is 2.39 bits per heavy atom. The van der Waals surface area contributed by atoms with Gasteiger partial charge < -0.3 is 16.4 Å². The smallest absolute Gasteiger partial charge is 0.259 e. The zero-order valence-corrected chi connectivity index (χ0v) is 18.8. The van der Waals surface area contributed by atoms with Gasteiger partial charge in [-0.2, -0.15) is 5.26 Å². The van der Waals surface area contributed by atoms with Crippen LogP contribution in [0.4, 0.5) is 17.2 Å². The van der Waals surface area contributed by atoms with Gasteiger partial charge in [-0.05, 0) is 44.2 Å². The van der Waals surface area contributed by atoms with Crippen molar-refractivity contribution in [3.8, 4) is 6.07 Å². The summed E-state index contributed by atoms with van der Waals surface area (Å²) in [7, 11) is 0. The van der Waals surface area contributed by atoms with E-state index in [0.29, 0.717) is 16.9 Å². The average molecular weight is 460 g/mol. The monoisotopic (exact) mass is 459 g/mol. The zero-order valence-electron chi connectivity index (χ0n) is 18.0. The van der Waals surface area contributed by atoms with E-state index in [1.807, 2.05) is 12.1 Å². The topological polar surface area (TPSA) is 138 Å². The fourth-order valence-electron chi connectivity index (χ4n) is 2.86. The van der Waals surface area contributed by atoms with Gasteiger partial charge in [-0.15, -0.1) is 0 Å². The standard InChI is InChI=1S/C24H21N5O3S/c1-14(30)16-7-6-10-19(11-16)28-22(31)15(2)33-24-17(13-25)12-20(21(26)29-24)23(32)27-18-8-4-3-5-9-18/h3-12,15H,1-2H3,(H2,26,29)(H,27,32)(H,28,31). The number of carbonyl (C=O) groups is 3. The van der Waals surface area contributed by atoms with Crippen molar-refractivity contribution in [2.45, 2.75) is 24.1 Å². The van der Waals surface area contributed by atoms with Crippen LogP contribution in [0.5, 0.6) is 0 Å². The van der Waals surface area contributed by atoms with Crippen molar-refractivity contribution in [1.29, 1.82) is 5.26 Å². The molecule has 0 aliphatic heterocycles. The number of anilines is 3. The lowest BCUT2D eigenvalue weighted by molar-refractivity contribution is -0.115. The Bertz CT molecular complexity index is 1250. The normalized spacial score (nSPS) is 11.2. The van der Waals surface area contributed by atoms with Gasteiger partial charge >= 0.3 is 0 Å². The molecule has 1 atom stereocenters. The first-order chi connectivity index (χ1) is 15.8. The fraction of sp³-hybridized carbons (Fsp3) is 0.125. The van der Waals surface area contributed by atoms with E-state index in [2.05, 4.69) is 15.6 Å². The molecule has 0 bridgehead atoms. The van der Waals surface area contributed by atoms with Crippen LogP contribution in [0, 0.1) is 11.3 Å². The van der Waals surface area contributed by atoms with Crippen molar-refractivity contribution < 1.29 is 14.4 Å². The molecule has 1 heterocycles. The van der Waals surface area contributed by atoms with Crippen LogP contribution in [0.25, 0.3) is 0 Å². The molecule has 0 fully saturated rings. The summed E-state index contributed by atoms with van der Waals surface area (Å²) in [5.74, 6) is -0.985. The number of rotatable bonds is 7. The molecule has 3 rings (SSSR count). The minimum Gasteiger partial charge on any atom is -0.383 e. The molecule has 1 aromatic heterocycles. The third-order valence-electron chi connectivity index (χ3n) is 4.61. The molecule has 0 aliphatic rings. The number of nitrogens with one attached hydrogen (secondary N) is 2. The van der Waals surface area contributed by atoms with Gasteiger partial charge in [0.1, 0.15) is 16.9 Å². The maximum Gasteiger partial charge on any atom is 0.259 e. The van der Waals surface area contributed by atoms with Gasteiger partial charge in [0, 0.05) is 16.9 Å². The van der Waals surface area contributed by atoms with Crippen molar-refractivity contribution in [2.24, 2.45) is 0 Å². The third kappa shape index (κ3) is 5.96. The van der Waals surface area contributed by atoms with Gasteiger partial charge in [0.15, 0.2) is 5.78 Å². The van der Waals surface area contributed by atoms with Crippen molar-refractivity contribution in [1.82, 2.24) is 4.98 Å². The molecule has 0 saturated carbocycles. The van der Waals surface area contributed by atoms with Crippen molar-refractivity contribution in [3.63, 3.8) is 0 Å². The molecule has 8 nitrogen and oxygen atoms in total. The quantitative estimate of drug-likeness (QED) is 0.357. The van der Waals surface area contributed by atoms with Crippen LogP contribution in [-0.2, 0) is 4.79 Å². The van der Waals surface area contributed by atoms with Crippen LogP contribution in [0.2, 0.25) is 0 Å². The molecule has 33 heavy (non-hydrogen) atoms. The maximum atomic E-state index is 12.6. The summed E-state index contributed by atoms with van der Waals surface area (Å²) >= 11 is 1.05. The number of para-hydroxylation sites is 1. The molecule has 0 spiro atoms. The summed E-state index contributed by atoms with van der Waals surface area (Å²) in [5, 5.41) is 14.6. The van der Waals surface area contributed by atoms with E-state index in [0.717, 1.165) is 11.8 Å². The average Bonchev–Trinajstić information content (AvgIpc) is 2.80. The lowest BCUT2D eigenvalue weighted by Gasteiger charge is -2.14. The number of carbonyl (C=O) groups excluding carboxylic acids is 3. The summed E-state index contributed by atoms with van der Waals surface area (Å²) in [4.78, 5) is 41.0. The first-order valence-corrected chi connectivity index (χ1v) is 10.8. The highest BCUT2D eigenvalue weighted by atomic mass is 32.2. The van der Waals surface area contributed by atoms with Gasteiger partial charge in [0.25, 0.3) is 5.91 Å². The molecule has 166 valence electrons. The summed E-state index contributed by atoms with van der Waals surface area (Å²) in [6, 6.07) is 18.8. The minimum absolute atomic E-state index is 0.0494. The highest BCUT2D eigenvalue weighted by Gasteiger charge is 2.21. The van der Waals surface area contributed by atoms with Crippen LogP contribution in [0.3, 0.4) is 0 Å². The van der Waals surface area contributed by atoms with Crippen LogP contribution in [-0.4, -0.2) is 27.8 Å². The predicted octanol–water partition coefficient (Wildman–Crippen LogP) is 4.11. The highest BCUT2D eigenvalue weighted by Crippen LogP contribution is 2.29. The Hall–Kier alpha value is -4.16. The Morgan fingerprint density at radius 2 is 1.73 bits per heavy atom. The van der Waals surface area contributed by atoms with E-state index in [1.165, 1.54) is 13.0 Å².